The number of thioether (sulfide) groups is 1. The van der Waals surface area contributed by atoms with E-state index < -0.39 is 0 Å². The number of carbonyl (C=O) groups excluding carboxylic acids is 1. The van der Waals surface area contributed by atoms with Gasteiger partial charge in [-0.15, -0.1) is 0 Å². The van der Waals surface area contributed by atoms with Gasteiger partial charge in [0.1, 0.15) is 5.39 Å². The van der Waals surface area contributed by atoms with E-state index in [9.17, 15) is 9.59 Å². The average Bonchev–Trinajstić information content (AvgIpc) is 3.31. The first-order chi connectivity index (χ1) is 14.0. The van der Waals surface area contributed by atoms with E-state index in [-0.39, 0.29) is 30.3 Å². The first-order valence-corrected chi connectivity index (χ1v) is 10.4. The summed E-state index contributed by atoms with van der Waals surface area (Å²) < 4.78 is 3.19. The van der Waals surface area contributed by atoms with E-state index in [1.165, 1.54) is 22.9 Å². The Morgan fingerprint density at radius 3 is 3.07 bits per heavy atom. The van der Waals surface area contributed by atoms with Gasteiger partial charge in [0, 0.05) is 30.8 Å². The van der Waals surface area contributed by atoms with Crippen LogP contribution < -0.4 is 5.56 Å². The normalized spacial score (nSPS) is 15.3. The quantitative estimate of drug-likeness (QED) is 0.579. The Labute approximate surface area is 175 Å². The number of hydrogen-bond acceptors (Lipinski definition) is 6. The Bertz CT molecular complexity index is 1200. The number of aromatic nitrogens is 4. The molecule has 1 aliphatic rings. The van der Waals surface area contributed by atoms with Gasteiger partial charge in [-0.25, -0.2) is 9.67 Å². The summed E-state index contributed by atoms with van der Waals surface area (Å²) in [6.45, 7) is 0.376. The molecular formula is C19H17ClN6O2S. The zero-order valence-corrected chi connectivity index (χ0v) is 17.2. The predicted molar refractivity (Wildman–Crippen MR) is 110 cm³/mol. The Morgan fingerprint density at radius 1 is 1.48 bits per heavy atom. The Hall–Kier alpha value is -2.83. The van der Waals surface area contributed by atoms with Gasteiger partial charge in [0.2, 0.25) is 5.91 Å². The SMILES string of the molecule is CN(CCC#N)C(=O)CC1CSc2nc3c(cnn3-c3cccc(Cl)c3)c(=O)n21. The highest BCUT2D eigenvalue weighted by atomic mass is 35.5. The zero-order chi connectivity index (χ0) is 20.5. The minimum absolute atomic E-state index is 0.0969. The van der Waals surface area contributed by atoms with Gasteiger partial charge in [0.15, 0.2) is 10.8 Å². The van der Waals surface area contributed by atoms with Crippen molar-refractivity contribution in [1.29, 1.82) is 5.26 Å². The minimum Gasteiger partial charge on any atom is -0.345 e. The van der Waals surface area contributed by atoms with E-state index in [1.807, 2.05) is 18.2 Å². The fourth-order valence-corrected chi connectivity index (χ4v) is 4.59. The van der Waals surface area contributed by atoms with Crippen LogP contribution in [0.5, 0.6) is 0 Å². The molecule has 0 saturated carbocycles. The van der Waals surface area contributed by atoms with E-state index in [0.29, 0.717) is 33.5 Å². The summed E-state index contributed by atoms with van der Waals surface area (Å²) in [6, 6.07) is 8.93. The molecule has 1 aliphatic heterocycles. The highest BCUT2D eigenvalue weighted by Gasteiger charge is 2.30. The lowest BCUT2D eigenvalue weighted by Gasteiger charge is -2.19. The van der Waals surface area contributed by atoms with Crippen LogP contribution in [0.2, 0.25) is 5.02 Å². The van der Waals surface area contributed by atoms with Crippen LogP contribution in [0.25, 0.3) is 16.7 Å². The second kappa shape index (κ2) is 7.89. The number of fused-ring (bicyclic) bond motifs is 2. The van der Waals surface area contributed by atoms with Crippen molar-refractivity contribution in [2.75, 3.05) is 19.3 Å². The lowest BCUT2D eigenvalue weighted by molar-refractivity contribution is -0.130. The number of nitriles is 1. The first-order valence-electron chi connectivity index (χ1n) is 8.99. The zero-order valence-electron chi connectivity index (χ0n) is 15.6. The molecule has 0 spiro atoms. The highest BCUT2D eigenvalue weighted by Crippen LogP contribution is 2.33. The molecular weight excluding hydrogens is 412 g/mol. The number of hydrogen-bond donors (Lipinski definition) is 0. The maximum absolute atomic E-state index is 13.1. The Morgan fingerprint density at radius 2 is 2.31 bits per heavy atom. The van der Waals surface area contributed by atoms with Gasteiger partial charge in [-0.1, -0.05) is 29.4 Å². The van der Waals surface area contributed by atoms with Crippen molar-refractivity contribution in [3.05, 3.63) is 45.8 Å². The van der Waals surface area contributed by atoms with E-state index in [1.54, 1.807) is 28.4 Å². The van der Waals surface area contributed by atoms with Crippen molar-refractivity contribution in [1.82, 2.24) is 24.2 Å². The van der Waals surface area contributed by atoms with Crippen molar-refractivity contribution in [2.24, 2.45) is 0 Å². The summed E-state index contributed by atoms with van der Waals surface area (Å²) in [6.07, 6.45) is 1.97. The molecule has 1 unspecified atom stereocenters. The van der Waals surface area contributed by atoms with Gasteiger partial charge in [-0.3, -0.25) is 14.2 Å². The third kappa shape index (κ3) is 3.61. The summed E-state index contributed by atoms with van der Waals surface area (Å²) in [4.78, 5) is 31.8. The summed E-state index contributed by atoms with van der Waals surface area (Å²) in [7, 11) is 1.67. The van der Waals surface area contributed by atoms with Crippen LogP contribution in [0.1, 0.15) is 18.9 Å². The van der Waals surface area contributed by atoms with Crippen LogP contribution in [0.4, 0.5) is 0 Å². The maximum Gasteiger partial charge on any atom is 0.265 e. The summed E-state index contributed by atoms with van der Waals surface area (Å²) in [5.41, 5.74) is 0.980. The molecule has 2 aromatic heterocycles. The fraction of sp³-hybridized carbons (Fsp3) is 0.316. The minimum atomic E-state index is -0.272. The Balaban J connectivity index is 1.68. The summed E-state index contributed by atoms with van der Waals surface area (Å²) in [5, 5.41) is 14.5. The van der Waals surface area contributed by atoms with Gasteiger partial charge < -0.3 is 4.90 Å². The molecule has 3 heterocycles. The van der Waals surface area contributed by atoms with Crippen LogP contribution in [-0.4, -0.2) is 49.5 Å². The van der Waals surface area contributed by atoms with Crippen LogP contribution in [0.3, 0.4) is 0 Å². The molecule has 8 nitrogen and oxygen atoms in total. The van der Waals surface area contributed by atoms with Gasteiger partial charge in [-0.05, 0) is 18.2 Å². The standard InChI is InChI=1S/C19H17ClN6O2S/c1-24(7-3-6-21)16(27)9-14-11-29-19-23-17-15(18(28)25(14)19)10-22-26(17)13-5-2-4-12(20)8-13/h2,4-5,8,10,14H,3,7,9,11H2,1H3. The topological polar surface area (TPSA) is 96.8 Å². The lowest BCUT2D eigenvalue weighted by Crippen LogP contribution is -2.32. The maximum atomic E-state index is 13.1. The molecule has 29 heavy (non-hydrogen) atoms. The monoisotopic (exact) mass is 428 g/mol. The van der Waals surface area contributed by atoms with Gasteiger partial charge in [0.05, 0.1) is 30.4 Å². The van der Waals surface area contributed by atoms with Crippen molar-refractivity contribution < 1.29 is 4.79 Å². The molecule has 0 fully saturated rings. The molecule has 1 aromatic carbocycles. The number of benzene rings is 1. The van der Waals surface area contributed by atoms with Gasteiger partial charge in [0.25, 0.3) is 5.56 Å². The van der Waals surface area contributed by atoms with E-state index in [4.69, 9.17) is 16.9 Å². The van der Waals surface area contributed by atoms with Crippen molar-refractivity contribution in [2.45, 2.75) is 24.0 Å². The highest BCUT2D eigenvalue weighted by molar-refractivity contribution is 7.99. The third-order valence-corrected chi connectivity index (χ3v) is 6.15. The smallest absolute Gasteiger partial charge is 0.265 e. The van der Waals surface area contributed by atoms with Crippen molar-refractivity contribution >= 4 is 40.3 Å². The van der Waals surface area contributed by atoms with Crippen molar-refractivity contribution in [3.63, 3.8) is 0 Å². The number of rotatable bonds is 5. The largest absolute Gasteiger partial charge is 0.345 e. The van der Waals surface area contributed by atoms with E-state index in [2.05, 4.69) is 10.1 Å². The van der Waals surface area contributed by atoms with Crippen LogP contribution >= 0.6 is 23.4 Å². The molecule has 148 valence electrons. The van der Waals surface area contributed by atoms with Gasteiger partial charge >= 0.3 is 0 Å². The van der Waals surface area contributed by atoms with Crippen LogP contribution in [0, 0.1) is 11.3 Å². The predicted octanol–water partition coefficient (Wildman–Crippen LogP) is 2.64. The molecule has 4 rings (SSSR count). The second-order valence-corrected chi connectivity index (χ2v) is 8.16. The van der Waals surface area contributed by atoms with Crippen molar-refractivity contribution in [3.8, 4) is 11.8 Å². The molecule has 0 radical (unpaired) electrons. The number of carbonyl (C=O) groups is 1. The van der Waals surface area contributed by atoms with Crippen LogP contribution in [0.15, 0.2) is 40.4 Å². The second-order valence-electron chi connectivity index (χ2n) is 6.74. The van der Waals surface area contributed by atoms with E-state index >= 15 is 0 Å². The molecule has 1 atom stereocenters. The number of halogens is 1. The molecule has 0 saturated heterocycles. The summed E-state index contributed by atoms with van der Waals surface area (Å²) >= 11 is 7.53. The Kier molecular flexibility index (Phi) is 5.30. The molecule has 1 amide bonds. The molecule has 0 aliphatic carbocycles. The third-order valence-electron chi connectivity index (χ3n) is 4.82. The number of nitrogens with zero attached hydrogens (tertiary/aromatic N) is 6. The first kappa shape index (κ1) is 19.5. The van der Waals surface area contributed by atoms with E-state index in [0.717, 1.165) is 5.69 Å². The van der Waals surface area contributed by atoms with Gasteiger partial charge in [-0.2, -0.15) is 10.4 Å². The number of amides is 1. The summed E-state index contributed by atoms with van der Waals surface area (Å²) in [5.74, 6) is 0.498. The molecule has 0 N–H and O–H groups in total. The molecule has 10 heteroatoms. The lowest BCUT2D eigenvalue weighted by atomic mass is 10.2. The average molecular weight is 429 g/mol. The molecule has 3 aromatic rings. The fourth-order valence-electron chi connectivity index (χ4n) is 3.28. The molecule has 0 bridgehead atoms. The van der Waals surface area contributed by atoms with Crippen LogP contribution in [-0.2, 0) is 4.79 Å².